The van der Waals surface area contributed by atoms with Gasteiger partial charge in [-0.25, -0.2) is 4.79 Å². The largest absolute Gasteiger partial charge is 0.338 e. The molecule has 0 aliphatic heterocycles. The minimum atomic E-state index is -0.487. The van der Waals surface area contributed by atoms with E-state index in [1.807, 2.05) is 79.1 Å². The van der Waals surface area contributed by atoms with Gasteiger partial charge >= 0.3 is 6.03 Å². The summed E-state index contributed by atoms with van der Waals surface area (Å²) in [5.74, 6) is 0.662. The highest BCUT2D eigenvalue weighted by Crippen LogP contribution is 2.27. The fraction of sp³-hybridized carbons (Fsp3) is 0.238. The summed E-state index contributed by atoms with van der Waals surface area (Å²) in [4.78, 5) is 23.9. The standard InChI is InChI=1S/C21H23N5O2S/c1-15(2)13-22-20(28)23-18(27)14-29-21-25-24-19(16-9-5-3-6-10-16)26(21)17-11-7-4-8-12-17/h3-12,15H,13-14H2,1-2H3,(H2,22,23,27,28). The van der Waals surface area contributed by atoms with Crippen molar-refractivity contribution in [2.24, 2.45) is 5.92 Å². The van der Waals surface area contributed by atoms with Crippen LogP contribution in [0.4, 0.5) is 4.79 Å². The zero-order chi connectivity index (χ0) is 20.6. The molecule has 0 fully saturated rings. The molecule has 0 saturated carbocycles. The SMILES string of the molecule is CC(C)CNC(=O)NC(=O)CSc1nnc(-c2ccccc2)n1-c1ccccc1. The first kappa shape index (κ1) is 20.6. The molecule has 3 rings (SSSR count). The number of benzene rings is 2. The number of para-hydroxylation sites is 1. The Morgan fingerprint density at radius 2 is 1.66 bits per heavy atom. The number of aromatic nitrogens is 3. The molecule has 0 unspecified atom stereocenters. The first-order valence-electron chi connectivity index (χ1n) is 9.31. The van der Waals surface area contributed by atoms with Crippen LogP contribution in [0.25, 0.3) is 17.1 Å². The van der Waals surface area contributed by atoms with Crippen molar-refractivity contribution in [3.05, 3.63) is 60.7 Å². The molecule has 2 N–H and O–H groups in total. The maximum Gasteiger partial charge on any atom is 0.321 e. The molecule has 7 nitrogen and oxygen atoms in total. The summed E-state index contributed by atoms with van der Waals surface area (Å²) in [5.41, 5.74) is 1.82. The van der Waals surface area contributed by atoms with E-state index in [0.717, 1.165) is 11.3 Å². The lowest BCUT2D eigenvalue weighted by Gasteiger charge is -2.11. The first-order chi connectivity index (χ1) is 14.0. The number of carbonyl (C=O) groups is 2. The monoisotopic (exact) mass is 409 g/mol. The lowest BCUT2D eigenvalue weighted by molar-refractivity contribution is -0.117. The number of urea groups is 1. The third-order valence-electron chi connectivity index (χ3n) is 3.94. The van der Waals surface area contributed by atoms with E-state index >= 15 is 0 Å². The lowest BCUT2D eigenvalue weighted by Crippen LogP contribution is -2.41. The predicted octanol–water partition coefficient (Wildman–Crippen LogP) is 3.51. The van der Waals surface area contributed by atoms with E-state index in [4.69, 9.17) is 0 Å². The summed E-state index contributed by atoms with van der Waals surface area (Å²) in [5, 5.41) is 14.2. The van der Waals surface area contributed by atoms with Gasteiger partial charge in [0.05, 0.1) is 5.75 Å². The van der Waals surface area contributed by atoms with Crippen LogP contribution in [0, 0.1) is 5.92 Å². The average molecular weight is 410 g/mol. The maximum atomic E-state index is 12.1. The van der Waals surface area contributed by atoms with Gasteiger partial charge in [0.1, 0.15) is 0 Å². The van der Waals surface area contributed by atoms with E-state index in [1.54, 1.807) is 0 Å². The number of nitrogens with zero attached hydrogens (tertiary/aromatic N) is 3. The zero-order valence-corrected chi connectivity index (χ0v) is 17.1. The van der Waals surface area contributed by atoms with Crippen molar-refractivity contribution in [2.75, 3.05) is 12.3 Å². The molecule has 3 aromatic rings. The van der Waals surface area contributed by atoms with Crippen LogP contribution in [-0.2, 0) is 4.79 Å². The second-order valence-electron chi connectivity index (χ2n) is 6.78. The topological polar surface area (TPSA) is 88.9 Å². The Morgan fingerprint density at radius 3 is 2.31 bits per heavy atom. The molecule has 2 aromatic carbocycles. The summed E-state index contributed by atoms with van der Waals surface area (Å²) in [6.45, 7) is 4.48. The highest BCUT2D eigenvalue weighted by atomic mass is 32.2. The minimum Gasteiger partial charge on any atom is -0.338 e. The highest BCUT2D eigenvalue weighted by molar-refractivity contribution is 7.99. The Kier molecular flexibility index (Phi) is 7.02. The van der Waals surface area contributed by atoms with Crippen LogP contribution in [0.2, 0.25) is 0 Å². The molecule has 1 heterocycles. The fourth-order valence-corrected chi connectivity index (χ4v) is 3.33. The van der Waals surface area contributed by atoms with Crippen molar-refractivity contribution >= 4 is 23.7 Å². The number of amides is 3. The van der Waals surface area contributed by atoms with Crippen molar-refractivity contribution in [2.45, 2.75) is 19.0 Å². The van der Waals surface area contributed by atoms with E-state index in [2.05, 4.69) is 20.8 Å². The second-order valence-corrected chi connectivity index (χ2v) is 7.73. The van der Waals surface area contributed by atoms with E-state index in [9.17, 15) is 9.59 Å². The number of thioether (sulfide) groups is 1. The summed E-state index contributed by atoms with van der Waals surface area (Å²) < 4.78 is 1.91. The minimum absolute atomic E-state index is 0.0505. The molecule has 8 heteroatoms. The second kappa shape index (κ2) is 9.88. The quantitative estimate of drug-likeness (QED) is 0.583. The van der Waals surface area contributed by atoms with Crippen LogP contribution >= 0.6 is 11.8 Å². The summed E-state index contributed by atoms with van der Waals surface area (Å²) in [7, 11) is 0. The Morgan fingerprint density at radius 1 is 1.00 bits per heavy atom. The average Bonchev–Trinajstić information content (AvgIpc) is 3.16. The van der Waals surface area contributed by atoms with Gasteiger partial charge in [0.2, 0.25) is 5.91 Å². The highest BCUT2D eigenvalue weighted by Gasteiger charge is 2.17. The smallest absolute Gasteiger partial charge is 0.321 e. The molecule has 29 heavy (non-hydrogen) atoms. The molecule has 0 radical (unpaired) electrons. The molecular formula is C21H23N5O2S. The lowest BCUT2D eigenvalue weighted by atomic mass is 10.2. The molecule has 0 aliphatic rings. The third kappa shape index (κ3) is 5.68. The molecule has 0 saturated heterocycles. The molecule has 150 valence electrons. The third-order valence-corrected chi connectivity index (χ3v) is 4.86. The summed E-state index contributed by atoms with van der Waals surface area (Å²) in [6, 6.07) is 19.0. The molecule has 0 bridgehead atoms. The van der Waals surface area contributed by atoms with Crippen molar-refractivity contribution in [3.63, 3.8) is 0 Å². The molecule has 1 aromatic heterocycles. The fourth-order valence-electron chi connectivity index (χ4n) is 2.58. The Bertz CT molecular complexity index is 958. The van der Waals surface area contributed by atoms with E-state index < -0.39 is 6.03 Å². The van der Waals surface area contributed by atoms with E-state index in [0.29, 0.717) is 23.4 Å². The van der Waals surface area contributed by atoms with Gasteiger partial charge in [0.25, 0.3) is 0 Å². The van der Waals surface area contributed by atoms with Gasteiger partial charge < -0.3 is 5.32 Å². The Hall–Kier alpha value is -3.13. The van der Waals surface area contributed by atoms with Gasteiger partial charge in [-0.3, -0.25) is 14.7 Å². The molecule has 0 atom stereocenters. The van der Waals surface area contributed by atoms with E-state index in [1.165, 1.54) is 11.8 Å². The molecule has 3 amide bonds. The van der Waals surface area contributed by atoms with Gasteiger partial charge in [-0.15, -0.1) is 10.2 Å². The van der Waals surface area contributed by atoms with Crippen molar-refractivity contribution in [1.29, 1.82) is 0 Å². The summed E-state index contributed by atoms with van der Waals surface area (Å²) in [6.07, 6.45) is 0. The van der Waals surface area contributed by atoms with Crippen LogP contribution in [0.3, 0.4) is 0 Å². The number of hydrogen-bond acceptors (Lipinski definition) is 5. The number of nitrogens with one attached hydrogen (secondary N) is 2. The zero-order valence-electron chi connectivity index (χ0n) is 16.3. The van der Waals surface area contributed by atoms with Gasteiger partial charge in [-0.05, 0) is 18.1 Å². The van der Waals surface area contributed by atoms with Crippen molar-refractivity contribution in [1.82, 2.24) is 25.4 Å². The number of rotatable bonds is 7. The van der Waals surface area contributed by atoms with Gasteiger partial charge in [-0.1, -0.05) is 74.1 Å². The molecular weight excluding hydrogens is 386 g/mol. The maximum absolute atomic E-state index is 12.1. The number of carbonyl (C=O) groups excluding carboxylic acids is 2. The van der Waals surface area contributed by atoms with Crippen LogP contribution < -0.4 is 10.6 Å². The van der Waals surface area contributed by atoms with E-state index in [-0.39, 0.29) is 11.7 Å². The van der Waals surface area contributed by atoms with Crippen molar-refractivity contribution < 1.29 is 9.59 Å². The Labute approximate surface area is 173 Å². The summed E-state index contributed by atoms with van der Waals surface area (Å²) >= 11 is 1.23. The Balaban J connectivity index is 1.75. The number of imide groups is 1. The van der Waals surface area contributed by atoms with Crippen LogP contribution in [0.1, 0.15) is 13.8 Å². The first-order valence-corrected chi connectivity index (χ1v) is 10.3. The predicted molar refractivity (Wildman–Crippen MR) is 114 cm³/mol. The number of hydrogen-bond donors (Lipinski definition) is 2. The van der Waals surface area contributed by atoms with Gasteiger partial charge in [0, 0.05) is 17.8 Å². The normalized spacial score (nSPS) is 10.7. The molecule has 0 spiro atoms. The van der Waals surface area contributed by atoms with Crippen LogP contribution in [-0.4, -0.2) is 39.0 Å². The van der Waals surface area contributed by atoms with Crippen LogP contribution in [0.5, 0.6) is 0 Å². The van der Waals surface area contributed by atoms with Gasteiger partial charge in [0.15, 0.2) is 11.0 Å². The molecule has 0 aliphatic carbocycles. The van der Waals surface area contributed by atoms with Crippen LogP contribution in [0.15, 0.2) is 65.8 Å². The van der Waals surface area contributed by atoms with Crippen molar-refractivity contribution in [3.8, 4) is 17.1 Å². The van der Waals surface area contributed by atoms with Gasteiger partial charge in [-0.2, -0.15) is 0 Å².